The second kappa shape index (κ2) is 6.99. The van der Waals surface area contributed by atoms with Crippen LogP contribution in [0.3, 0.4) is 0 Å². The van der Waals surface area contributed by atoms with Crippen LogP contribution in [0.1, 0.15) is 23.4 Å². The van der Waals surface area contributed by atoms with Gasteiger partial charge in [0.05, 0.1) is 10.6 Å². The molecule has 0 aliphatic rings. The van der Waals surface area contributed by atoms with Crippen LogP contribution in [0.5, 0.6) is 0 Å². The van der Waals surface area contributed by atoms with E-state index >= 15 is 0 Å². The normalized spacial score (nSPS) is 10.8. The summed E-state index contributed by atoms with van der Waals surface area (Å²) in [7, 11) is 0. The van der Waals surface area contributed by atoms with Crippen LogP contribution in [0.4, 0.5) is 5.69 Å². The van der Waals surface area contributed by atoms with Gasteiger partial charge in [-0.3, -0.25) is 14.8 Å². The molecule has 0 atom stereocenters. The Balaban J connectivity index is 1.73. The average Bonchev–Trinajstić information content (AvgIpc) is 2.77. The van der Waals surface area contributed by atoms with Gasteiger partial charge in [0, 0.05) is 30.9 Å². The Morgan fingerprint density at radius 3 is 2.81 bits per heavy atom. The van der Waals surface area contributed by atoms with Gasteiger partial charge in [-0.1, -0.05) is 12.1 Å². The smallest absolute Gasteiger partial charge is 0.269 e. The number of benzene rings is 1. The van der Waals surface area contributed by atoms with Gasteiger partial charge in [0.1, 0.15) is 0 Å². The molecule has 1 aromatic heterocycles. The number of hydrogen-bond donors (Lipinski definition) is 1. The number of non-ortho nitro benzene ring substituents is 1. The Labute approximate surface area is 123 Å². The lowest BCUT2D eigenvalue weighted by molar-refractivity contribution is -0.384. The van der Waals surface area contributed by atoms with Gasteiger partial charge in [-0.05, 0) is 38.4 Å². The Kier molecular flexibility index (Phi) is 5.05. The highest BCUT2D eigenvalue weighted by atomic mass is 16.6. The molecule has 0 aliphatic heterocycles. The maximum atomic E-state index is 10.7. The molecule has 0 spiro atoms. The number of aryl methyl sites for hydroxylation is 3. The molecule has 0 fully saturated rings. The van der Waals surface area contributed by atoms with Gasteiger partial charge in [0.15, 0.2) is 0 Å². The molecule has 0 radical (unpaired) electrons. The van der Waals surface area contributed by atoms with Crippen LogP contribution in [0.15, 0.2) is 30.3 Å². The number of hydrogen-bond acceptors (Lipinski definition) is 4. The first-order valence-corrected chi connectivity index (χ1v) is 7.01. The molecule has 21 heavy (non-hydrogen) atoms. The summed E-state index contributed by atoms with van der Waals surface area (Å²) in [5.41, 5.74) is 3.27. The maximum Gasteiger partial charge on any atom is 0.269 e. The first-order chi connectivity index (χ1) is 10.1. The van der Waals surface area contributed by atoms with Crippen molar-refractivity contribution in [2.24, 2.45) is 0 Å². The Morgan fingerprint density at radius 2 is 2.14 bits per heavy atom. The summed E-state index contributed by atoms with van der Waals surface area (Å²) in [6.07, 6.45) is 0.969. The third kappa shape index (κ3) is 4.39. The second-order valence-corrected chi connectivity index (χ2v) is 5.11. The van der Waals surface area contributed by atoms with Crippen molar-refractivity contribution in [3.63, 3.8) is 0 Å². The Bertz CT molecular complexity index is 622. The molecule has 0 bridgehead atoms. The molecule has 0 unspecified atom stereocenters. The van der Waals surface area contributed by atoms with Gasteiger partial charge >= 0.3 is 0 Å². The molecule has 2 rings (SSSR count). The molecule has 1 heterocycles. The van der Waals surface area contributed by atoms with E-state index in [9.17, 15) is 10.1 Å². The van der Waals surface area contributed by atoms with E-state index in [1.807, 2.05) is 17.7 Å². The fourth-order valence-electron chi connectivity index (χ4n) is 2.27. The van der Waals surface area contributed by atoms with Crippen molar-refractivity contribution in [2.45, 2.75) is 33.4 Å². The van der Waals surface area contributed by atoms with E-state index in [0.717, 1.165) is 30.8 Å². The lowest BCUT2D eigenvalue weighted by atomic mass is 10.2. The van der Waals surface area contributed by atoms with Crippen LogP contribution in [0.2, 0.25) is 0 Å². The van der Waals surface area contributed by atoms with E-state index in [2.05, 4.69) is 23.4 Å². The van der Waals surface area contributed by atoms with Crippen LogP contribution >= 0.6 is 0 Å². The van der Waals surface area contributed by atoms with Crippen LogP contribution in [-0.4, -0.2) is 21.2 Å². The second-order valence-electron chi connectivity index (χ2n) is 5.11. The van der Waals surface area contributed by atoms with Crippen molar-refractivity contribution in [3.8, 4) is 0 Å². The van der Waals surface area contributed by atoms with Crippen molar-refractivity contribution < 1.29 is 4.92 Å². The molecule has 0 saturated carbocycles. The van der Waals surface area contributed by atoms with Crippen molar-refractivity contribution in [2.75, 3.05) is 6.54 Å². The lowest BCUT2D eigenvalue weighted by Gasteiger charge is -2.06. The fourth-order valence-corrected chi connectivity index (χ4v) is 2.27. The largest absolute Gasteiger partial charge is 0.313 e. The standard InChI is InChI=1S/C15H20N4O2/c1-12-9-13(2)18(17-12)8-4-7-16-11-14-5-3-6-15(10-14)19(20)21/h3,5-6,9-10,16H,4,7-8,11H2,1-2H3. The maximum absolute atomic E-state index is 10.7. The van der Waals surface area contributed by atoms with E-state index in [0.29, 0.717) is 6.54 Å². The predicted molar refractivity (Wildman–Crippen MR) is 81.1 cm³/mol. The molecule has 0 saturated heterocycles. The molecular formula is C15H20N4O2. The summed E-state index contributed by atoms with van der Waals surface area (Å²) in [6, 6.07) is 8.78. The number of nitro benzene ring substituents is 1. The molecule has 1 aromatic carbocycles. The summed E-state index contributed by atoms with van der Waals surface area (Å²) < 4.78 is 2.00. The summed E-state index contributed by atoms with van der Waals surface area (Å²) >= 11 is 0. The number of nitrogens with zero attached hydrogens (tertiary/aromatic N) is 3. The highest BCUT2D eigenvalue weighted by Crippen LogP contribution is 2.12. The van der Waals surface area contributed by atoms with Crippen molar-refractivity contribution in [1.82, 2.24) is 15.1 Å². The summed E-state index contributed by atoms with van der Waals surface area (Å²) in [4.78, 5) is 10.3. The third-order valence-corrected chi connectivity index (χ3v) is 3.28. The number of nitrogens with one attached hydrogen (secondary N) is 1. The van der Waals surface area contributed by atoms with E-state index in [1.165, 1.54) is 11.8 Å². The zero-order valence-corrected chi connectivity index (χ0v) is 12.4. The van der Waals surface area contributed by atoms with Gasteiger partial charge in [-0.15, -0.1) is 0 Å². The van der Waals surface area contributed by atoms with Crippen LogP contribution in [0.25, 0.3) is 0 Å². The fraction of sp³-hybridized carbons (Fsp3) is 0.400. The number of nitro groups is 1. The third-order valence-electron chi connectivity index (χ3n) is 3.28. The van der Waals surface area contributed by atoms with Gasteiger partial charge < -0.3 is 5.32 Å². The molecular weight excluding hydrogens is 268 g/mol. The highest BCUT2D eigenvalue weighted by molar-refractivity contribution is 5.34. The number of aromatic nitrogens is 2. The quantitative estimate of drug-likeness (QED) is 0.483. The minimum Gasteiger partial charge on any atom is -0.313 e. The molecule has 6 nitrogen and oxygen atoms in total. The molecule has 6 heteroatoms. The molecule has 0 amide bonds. The van der Waals surface area contributed by atoms with E-state index in [-0.39, 0.29) is 10.6 Å². The van der Waals surface area contributed by atoms with Gasteiger partial charge in [0.2, 0.25) is 0 Å². The zero-order chi connectivity index (χ0) is 15.2. The predicted octanol–water partition coefficient (Wildman–Crippen LogP) is 2.59. The van der Waals surface area contributed by atoms with Crippen molar-refractivity contribution >= 4 is 5.69 Å². The monoisotopic (exact) mass is 288 g/mol. The van der Waals surface area contributed by atoms with Gasteiger partial charge in [-0.2, -0.15) is 5.10 Å². The topological polar surface area (TPSA) is 73.0 Å². The van der Waals surface area contributed by atoms with Gasteiger partial charge in [-0.25, -0.2) is 0 Å². The SMILES string of the molecule is Cc1cc(C)n(CCCNCc2cccc([N+](=O)[O-])c2)n1. The Morgan fingerprint density at radius 1 is 1.33 bits per heavy atom. The van der Waals surface area contributed by atoms with Gasteiger partial charge in [0.25, 0.3) is 5.69 Å². The van der Waals surface area contributed by atoms with Crippen LogP contribution in [0, 0.1) is 24.0 Å². The van der Waals surface area contributed by atoms with Crippen molar-refractivity contribution in [3.05, 3.63) is 57.4 Å². The minimum atomic E-state index is -0.369. The first-order valence-electron chi connectivity index (χ1n) is 7.01. The Hall–Kier alpha value is -2.21. The van der Waals surface area contributed by atoms with E-state index < -0.39 is 0 Å². The number of rotatable bonds is 7. The van der Waals surface area contributed by atoms with E-state index in [4.69, 9.17) is 0 Å². The average molecular weight is 288 g/mol. The highest BCUT2D eigenvalue weighted by Gasteiger charge is 2.05. The molecule has 1 N–H and O–H groups in total. The molecule has 112 valence electrons. The minimum absolute atomic E-state index is 0.136. The summed E-state index contributed by atoms with van der Waals surface area (Å²) in [5, 5.41) is 18.4. The van der Waals surface area contributed by atoms with Crippen LogP contribution < -0.4 is 5.32 Å². The zero-order valence-electron chi connectivity index (χ0n) is 12.4. The van der Waals surface area contributed by atoms with Crippen LogP contribution in [-0.2, 0) is 13.1 Å². The van der Waals surface area contributed by atoms with Crippen molar-refractivity contribution in [1.29, 1.82) is 0 Å². The molecule has 0 aliphatic carbocycles. The molecule has 2 aromatic rings. The summed E-state index contributed by atoms with van der Waals surface area (Å²) in [5.74, 6) is 0. The summed E-state index contributed by atoms with van der Waals surface area (Å²) in [6.45, 7) is 6.40. The lowest BCUT2D eigenvalue weighted by Crippen LogP contribution is -2.17. The first kappa shape index (κ1) is 15.2. The van der Waals surface area contributed by atoms with E-state index in [1.54, 1.807) is 12.1 Å².